The Morgan fingerprint density at radius 2 is 1.18 bits per heavy atom. The fraction of sp³-hybridized carbons (Fsp3) is 1.00. The highest BCUT2D eigenvalue weighted by Crippen LogP contribution is 2.21. The first-order valence-corrected chi connectivity index (χ1v) is 4.39. The Morgan fingerprint density at radius 1 is 0.818 bits per heavy atom. The van der Waals surface area contributed by atoms with Crippen molar-refractivity contribution in [1.29, 1.82) is 0 Å². The Bertz CT molecular complexity index is 49.5. The lowest BCUT2D eigenvalue weighted by atomic mass is 9.91. The van der Waals surface area contributed by atoms with Gasteiger partial charge in [-0.25, -0.2) is 0 Å². The van der Waals surface area contributed by atoms with Gasteiger partial charge in [0, 0.05) is 0 Å². The molecule has 0 saturated heterocycles. The number of hydrogen-bond acceptors (Lipinski definition) is 0. The maximum atomic E-state index is 2.36. The second-order valence-electron chi connectivity index (χ2n) is 2.74. The standard InChI is InChI=1S/C7H14.C2H6.2H2S/c1-7-5-3-2-4-6-7;1-2;;/h7H,2-6H2,1H3;1-2H3;2*1H2. The summed E-state index contributed by atoms with van der Waals surface area (Å²) >= 11 is 0. The molecule has 11 heavy (non-hydrogen) atoms. The highest BCUT2D eigenvalue weighted by molar-refractivity contribution is 7.59. The van der Waals surface area contributed by atoms with Crippen molar-refractivity contribution >= 4 is 27.0 Å². The molecule has 0 aromatic carbocycles. The molecule has 0 amide bonds. The summed E-state index contributed by atoms with van der Waals surface area (Å²) in [4.78, 5) is 0. The Balaban J connectivity index is -0.000000149. The normalized spacial score (nSPS) is 16.6. The van der Waals surface area contributed by atoms with E-state index in [-0.39, 0.29) is 27.0 Å². The predicted octanol–water partition coefficient (Wildman–Crippen LogP) is 3.84. The molecular weight excluding hydrogens is 172 g/mol. The van der Waals surface area contributed by atoms with E-state index in [0.717, 1.165) is 5.92 Å². The lowest BCUT2D eigenvalue weighted by molar-refractivity contribution is 0.385. The van der Waals surface area contributed by atoms with E-state index in [0.29, 0.717) is 0 Å². The van der Waals surface area contributed by atoms with Crippen LogP contribution < -0.4 is 0 Å². The third kappa shape index (κ3) is 10.7. The monoisotopic (exact) mass is 196 g/mol. The minimum atomic E-state index is 0. The van der Waals surface area contributed by atoms with Crippen LogP contribution in [0.2, 0.25) is 0 Å². The van der Waals surface area contributed by atoms with Gasteiger partial charge in [0.25, 0.3) is 0 Å². The van der Waals surface area contributed by atoms with Gasteiger partial charge in [-0.2, -0.15) is 27.0 Å². The number of rotatable bonds is 0. The van der Waals surface area contributed by atoms with Crippen molar-refractivity contribution in [3.05, 3.63) is 0 Å². The summed E-state index contributed by atoms with van der Waals surface area (Å²) in [7, 11) is 0. The minimum absolute atomic E-state index is 0. The average Bonchev–Trinajstić information content (AvgIpc) is 1.94. The molecule has 1 fully saturated rings. The Kier molecular flexibility index (Phi) is 21.4. The van der Waals surface area contributed by atoms with E-state index in [1.165, 1.54) is 32.1 Å². The molecule has 0 aromatic rings. The molecule has 0 atom stereocenters. The van der Waals surface area contributed by atoms with Crippen LogP contribution in [-0.2, 0) is 0 Å². The third-order valence-electron chi connectivity index (χ3n) is 1.89. The molecule has 1 aliphatic carbocycles. The molecule has 1 saturated carbocycles. The summed E-state index contributed by atoms with van der Waals surface area (Å²) in [5, 5.41) is 0. The van der Waals surface area contributed by atoms with Crippen LogP contribution in [0.3, 0.4) is 0 Å². The zero-order valence-electron chi connectivity index (χ0n) is 8.11. The fourth-order valence-corrected chi connectivity index (χ4v) is 1.31. The van der Waals surface area contributed by atoms with Gasteiger partial charge < -0.3 is 0 Å². The highest BCUT2D eigenvalue weighted by Gasteiger charge is 2.05. The van der Waals surface area contributed by atoms with Gasteiger partial charge in [0.2, 0.25) is 0 Å². The molecule has 0 bridgehead atoms. The molecule has 0 heterocycles. The van der Waals surface area contributed by atoms with Crippen molar-refractivity contribution in [2.75, 3.05) is 0 Å². The maximum absolute atomic E-state index is 2.36. The average molecular weight is 196 g/mol. The van der Waals surface area contributed by atoms with Crippen LogP contribution in [0.4, 0.5) is 0 Å². The SMILES string of the molecule is CC.CC1CCCCC1.S.S. The van der Waals surface area contributed by atoms with E-state index in [1.807, 2.05) is 13.8 Å². The zero-order valence-corrected chi connectivity index (χ0v) is 10.1. The second kappa shape index (κ2) is 13.3. The van der Waals surface area contributed by atoms with Gasteiger partial charge in [-0.15, -0.1) is 0 Å². The Morgan fingerprint density at radius 3 is 1.36 bits per heavy atom. The highest BCUT2D eigenvalue weighted by atomic mass is 32.1. The smallest absolute Gasteiger partial charge is 0.0443 e. The van der Waals surface area contributed by atoms with Crippen LogP contribution in [0.5, 0.6) is 0 Å². The van der Waals surface area contributed by atoms with Crippen LogP contribution in [0.25, 0.3) is 0 Å². The molecule has 0 aromatic heterocycles. The predicted molar refractivity (Wildman–Crippen MR) is 64.4 cm³/mol. The van der Waals surface area contributed by atoms with Crippen molar-refractivity contribution in [3.63, 3.8) is 0 Å². The van der Waals surface area contributed by atoms with Gasteiger partial charge in [0.1, 0.15) is 0 Å². The quantitative estimate of drug-likeness (QED) is 0.552. The molecule has 1 rings (SSSR count). The second-order valence-corrected chi connectivity index (χ2v) is 2.74. The summed E-state index contributed by atoms with van der Waals surface area (Å²) < 4.78 is 0. The molecule has 0 unspecified atom stereocenters. The van der Waals surface area contributed by atoms with Gasteiger partial charge in [-0.05, 0) is 5.92 Å². The van der Waals surface area contributed by atoms with E-state index in [9.17, 15) is 0 Å². The molecular formula is C9H24S2. The van der Waals surface area contributed by atoms with Crippen LogP contribution in [0, 0.1) is 5.92 Å². The molecule has 0 spiro atoms. The van der Waals surface area contributed by atoms with Gasteiger partial charge in [0.15, 0.2) is 0 Å². The van der Waals surface area contributed by atoms with Crippen molar-refractivity contribution < 1.29 is 0 Å². The van der Waals surface area contributed by atoms with E-state index >= 15 is 0 Å². The van der Waals surface area contributed by atoms with Crippen LogP contribution in [0.1, 0.15) is 52.9 Å². The Labute approximate surface area is 86.0 Å². The molecule has 0 radical (unpaired) electrons. The zero-order chi connectivity index (χ0) is 7.11. The molecule has 0 aliphatic heterocycles. The van der Waals surface area contributed by atoms with Crippen molar-refractivity contribution in [2.24, 2.45) is 5.92 Å². The van der Waals surface area contributed by atoms with Crippen molar-refractivity contribution in [3.8, 4) is 0 Å². The maximum Gasteiger partial charge on any atom is -0.0443 e. The van der Waals surface area contributed by atoms with Crippen molar-refractivity contribution in [1.82, 2.24) is 0 Å². The van der Waals surface area contributed by atoms with Crippen LogP contribution >= 0.6 is 27.0 Å². The lowest BCUT2D eigenvalue weighted by Gasteiger charge is -2.15. The van der Waals surface area contributed by atoms with Crippen LogP contribution in [-0.4, -0.2) is 0 Å². The van der Waals surface area contributed by atoms with Gasteiger partial charge >= 0.3 is 0 Å². The van der Waals surface area contributed by atoms with E-state index in [2.05, 4.69) is 6.92 Å². The van der Waals surface area contributed by atoms with Gasteiger partial charge in [0.05, 0.1) is 0 Å². The van der Waals surface area contributed by atoms with Gasteiger partial charge in [-0.1, -0.05) is 52.9 Å². The first-order chi connectivity index (χ1) is 4.39. The summed E-state index contributed by atoms with van der Waals surface area (Å²) in [5.41, 5.74) is 0. The fourth-order valence-electron chi connectivity index (χ4n) is 1.31. The topological polar surface area (TPSA) is 0 Å². The molecule has 0 N–H and O–H groups in total. The Hall–Kier alpha value is 0.700. The summed E-state index contributed by atoms with van der Waals surface area (Å²) in [6.07, 6.45) is 7.44. The third-order valence-corrected chi connectivity index (χ3v) is 1.89. The largest absolute Gasteiger partial charge is 0.197 e. The van der Waals surface area contributed by atoms with E-state index < -0.39 is 0 Å². The summed E-state index contributed by atoms with van der Waals surface area (Å²) in [6, 6.07) is 0. The van der Waals surface area contributed by atoms with Crippen molar-refractivity contribution in [2.45, 2.75) is 52.9 Å². The molecule has 2 heteroatoms. The lowest BCUT2D eigenvalue weighted by Crippen LogP contribution is -1.99. The van der Waals surface area contributed by atoms with E-state index in [4.69, 9.17) is 0 Å². The van der Waals surface area contributed by atoms with Crippen LogP contribution in [0.15, 0.2) is 0 Å². The first-order valence-electron chi connectivity index (χ1n) is 4.39. The summed E-state index contributed by atoms with van der Waals surface area (Å²) in [6.45, 7) is 6.36. The minimum Gasteiger partial charge on any atom is -0.197 e. The number of hydrogen-bond donors (Lipinski definition) is 0. The van der Waals surface area contributed by atoms with E-state index in [1.54, 1.807) is 0 Å². The molecule has 1 aliphatic rings. The first kappa shape index (κ1) is 17.7. The molecule has 0 nitrogen and oxygen atoms in total. The summed E-state index contributed by atoms with van der Waals surface area (Å²) in [5.74, 6) is 1.04. The molecule has 72 valence electrons. The van der Waals surface area contributed by atoms with Gasteiger partial charge in [-0.3, -0.25) is 0 Å².